The number of nitrogens with one attached hydrogen (secondary N) is 1. The predicted molar refractivity (Wildman–Crippen MR) is 174 cm³/mol. The number of hydroxylamine groups is 2. The van der Waals surface area contributed by atoms with E-state index in [1.807, 2.05) is 18.2 Å². The van der Waals surface area contributed by atoms with Gasteiger partial charge in [-0.15, -0.1) is 0 Å². The van der Waals surface area contributed by atoms with Crippen molar-refractivity contribution in [3.8, 4) is 0 Å². The van der Waals surface area contributed by atoms with Crippen molar-refractivity contribution in [2.75, 3.05) is 27.7 Å². The Labute approximate surface area is 275 Å². The van der Waals surface area contributed by atoms with Crippen LogP contribution >= 0.6 is 23.2 Å². The van der Waals surface area contributed by atoms with Crippen molar-refractivity contribution < 1.29 is 29.1 Å². The fourth-order valence-corrected chi connectivity index (χ4v) is 6.09. The predicted octanol–water partition coefficient (Wildman–Crippen LogP) is 5.80. The summed E-state index contributed by atoms with van der Waals surface area (Å²) >= 11 is 12.2. The lowest BCUT2D eigenvalue weighted by Crippen LogP contribution is -2.55. The molecule has 3 rings (SSSR count). The van der Waals surface area contributed by atoms with E-state index in [0.29, 0.717) is 35.0 Å². The molecule has 2 N–H and O–H groups in total. The normalized spacial score (nSPS) is 14.7. The maximum Gasteiger partial charge on any atom is 0.408 e. The van der Waals surface area contributed by atoms with E-state index in [1.165, 1.54) is 14.2 Å². The van der Waals surface area contributed by atoms with Gasteiger partial charge in [0.2, 0.25) is 11.8 Å². The number of hydrogen-bond acceptors (Lipinski definition) is 5. The lowest BCUT2D eigenvalue weighted by molar-refractivity contribution is -0.172. The summed E-state index contributed by atoms with van der Waals surface area (Å²) in [5.74, 6) is -1.17. The highest BCUT2D eigenvalue weighted by atomic mass is 35.5. The van der Waals surface area contributed by atoms with Gasteiger partial charge in [0.15, 0.2) is 0 Å². The molecule has 2 atom stereocenters. The number of nitrogens with zero attached hydrogens (tertiary/aromatic N) is 3. The van der Waals surface area contributed by atoms with E-state index in [0.717, 1.165) is 47.6 Å². The molecular formula is C33H44Cl2N4O6. The quantitative estimate of drug-likeness (QED) is 0.233. The van der Waals surface area contributed by atoms with Gasteiger partial charge < -0.3 is 15.3 Å². The molecule has 1 aliphatic carbocycles. The second-order valence-electron chi connectivity index (χ2n) is 11.6. The molecule has 0 saturated heterocycles. The molecule has 45 heavy (non-hydrogen) atoms. The van der Waals surface area contributed by atoms with Gasteiger partial charge in [0.05, 0.1) is 7.11 Å². The number of carbonyl (C=O) groups is 4. The Kier molecular flexibility index (Phi) is 14.4. The molecule has 12 heteroatoms. The minimum absolute atomic E-state index is 0.0100. The van der Waals surface area contributed by atoms with Crippen LogP contribution in [0.3, 0.4) is 0 Å². The first-order valence-corrected chi connectivity index (χ1v) is 16.1. The SMILES string of the molecule is CON(C)C(=O)C(CCC(=O)N(C)CCc1cccc(Cl)c1)NC(=O)C(CC1CCCCC1)N(Cc1cccc(Cl)c1)C(=O)O. The number of amides is 4. The van der Waals surface area contributed by atoms with Crippen molar-refractivity contribution in [1.82, 2.24) is 20.2 Å². The van der Waals surface area contributed by atoms with Crippen LogP contribution in [0.1, 0.15) is 62.5 Å². The summed E-state index contributed by atoms with van der Waals surface area (Å²) in [5.41, 5.74) is 1.64. The van der Waals surface area contributed by atoms with E-state index in [-0.39, 0.29) is 31.2 Å². The minimum atomic E-state index is -1.25. The van der Waals surface area contributed by atoms with E-state index in [4.69, 9.17) is 28.0 Å². The van der Waals surface area contributed by atoms with Crippen molar-refractivity contribution in [2.24, 2.45) is 5.92 Å². The average molecular weight is 664 g/mol. The lowest BCUT2D eigenvalue weighted by atomic mass is 9.84. The fraction of sp³-hybridized carbons (Fsp3) is 0.515. The number of halogens is 2. The molecule has 10 nitrogen and oxygen atoms in total. The highest BCUT2D eigenvalue weighted by Gasteiger charge is 2.36. The molecule has 1 fully saturated rings. The van der Waals surface area contributed by atoms with Gasteiger partial charge in [-0.3, -0.25) is 24.1 Å². The van der Waals surface area contributed by atoms with E-state index < -0.39 is 30.0 Å². The Balaban J connectivity index is 1.76. The Bertz CT molecular complexity index is 1310. The van der Waals surface area contributed by atoms with Gasteiger partial charge in [-0.2, -0.15) is 0 Å². The highest BCUT2D eigenvalue weighted by molar-refractivity contribution is 6.30. The Morgan fingerprint density at radius 2 is 1.60 bits per heavy atom. The van der Waals surface area contributed by atoms with Crippen LogP contribution in [0.2, 0.25) is 10.0 Å². The third-order valence-corrected chi connectivity index (χ3v) is 8.81. The summed E-state index contributed by atoms with van der Waals surface area (Å²) in [7, 11) is 4.43. The number of likely N-dealkylation sites (N-methyl/N-ethyl adjacent to an activating group) is 2. The minimum Gasteiger partial charge on any atom is -0.465 e. The van der Waals surface area contributed by atoms with Crippen LogP contribution in [0, 0.1) is 5.92 Å². The first-order valence-electron chi connectivity index (χ1n) is 15.3. The van der Waals surface area contributed by atoms with E-state index in [2.05, 4.69) is 5.32 Å². The molecule has 0 bridgehead atoms. The molecule has 2 aromatic rings. The van der Waals surface area contributed by atoms with Gasteiger partial charge in [0, 0.05) is 43.7 Å². The fourth-order valence-electron chi connectivity index (χ4n) is 5.66. The number of hydrogen-bond donors (Lipinski definition) is 2. The van der Waals surface area contributed by atoms with Gasteiger partial charge in [0.1, 0.15) is 12.1 Å². The topological polar surface area (TPSA) is 119 Å². The van der Waals surface area contributed by atoms with Crippen LogP contribution in [-0.4, -0.2) is 83.6 Å². The summed E-state index contributed by atoms with van der Waals surface area (Å²) in [4.78, 5) is 60.6. The Morgan fingerprint density at radius 3 is 2.20 bits per heavy atom. The van der Waals surface area contributed by atoms with Crippen molar-refractivity contribution in [1.29, 1.82) is 0 Å². The molecule has 2 unspecified atom stereocenters. The van der Waals surface area contributed by atoms with Crippen molar-refractivity contribution >= 4 is 47.0 Å². The summed E-state index contributed by atoms with van der Waals surface area (Å²) in [5, 5.41) is 15.1. The number of carbonyl (C=O) groups excluding carboxylic acids is 3. The molecule has 0 aliphatic heterocycles. The maximum atomic E-state index is 14.0. The van der Waals surface area contributed by atoms with Crippen molar-refractivity contribution in [3.63, 3.8) is 0 Å². The summed E-state index contributed by atoms with van der Waals surface area (Å²) in [6, 6.07) is 12.1. The third-order valence-electron chi connectivity index (χ3n) is 8.34. The average Bonchev–Trinajstić information content (AvgIpc) is 3.02. The molecule has 1 aliphatic rings. The van der Waals surface area contributed by atoms with E-state index in [9.17, 15) is 24.3 Å². The molecule has 0 radical (unpaired) electrons. The molecule has 2 aromatic carbocycles. The van der Waals surface area contributed by atoms with E-state index >= 15 is 0 Å². The van der Waals surface area contributed by atoms with Crippen LogP contribution in [-0.2, 0) is 32.2 Å². The lowest BCUT2D eigenvalue weighted by Gasteiger charge is -2.34. The van der Waals surface area contributed by atoms with Gasteiger partial charge >= 0.3 is 6.09 Å². The smallest absolute Gasteiger partial charge is 0.408 e. The van der Waals surface area contributed by atoms with Gasteiger partial charge in [-0.25, -0.2) is 9.86 Å². The molecule has 4 amide bonds. The first kappa shape index (κ1) is 36.1. The first-order chi connectivity index (χ1) is 21.5. The van der Waals surface area contributed by atoms with Crippen molar-refractivity contribution in [3.05, 3.63) is 69.7 Å². The van der Waals surface area contributed by atoms with Crippen molar-refractivity contribution in [2.45, 2.75) is 76.4 Å². The molecule has 246 valence electrons. The molecular weight excluding hydrogens is 619 g/mol. The third kappa shape index (κ3) is 11.5. The zero-order valence-electron chi connectivity index (χ0n) is 26.2. The number of rotatable bonds is 15. The largest absolute Gasteiger partial charge is 0.465 e. The summed E-state index contributed by atoms with van der Waals surface area (Å²) in [6.07, 6.45) is 4.63. The zero-order chi connectivity index (χ0) is 32.9. The second-order valence-corrected chi connectivity index (χ2v) is 12.5. The molecule has 0 aromatic heterocycles. The van der Waals surface area contributed by atoms with Crippen LogP contribution in [0.15, 0.2) is 48.5 Å². The number of carboxylic acid groups (broad SMARTS) is 1. The second kappa shape index (κ2) is 18.0. The van der Waals surface area contributed by atoms with Gasteiger partial charge in [0.25, 0.3) is 5.91 Å². The molecule has 1 saturated carbocycles. The highest BCUT2D eigenvalue weighted by Crippen LogP contribution is 2.30. The van der Waals surface area contributed by atoms with Crippen LogP contribution < -0.4 is 5.32 Å². The van der Waals surface area contributed by atoms with E-state index in [1.54, 1.807) is 42.3 Å². The molecule has 0 spiro atoms. The number of benzene rings is 2. The monoisotopic (exact) mass is 662 g/mol. The summed E-state index contributed by atoms with van der Waals surface area (Å²) < 4.78 is 0. The molecule has 0 heterocycles. The zero-order valence-corrected chi connectivity index (χ0v) is 27.7. The van der Waals surface area contributed by atoms with Gasteiger partial charge in [-0.1, -0.05) is 79.6 Å². The van der Waals surface area contributed by atoms with Crippen LogP contribution in [0.4, 0.5) is 4.79 Å². The van der Waals surface area contributed by atoms with Gasteiger partial charge in [-0.05, 0) is 60.6 Å². The Morgan fingerprint density at radius 1 is 0.978 bits per heavy atom. The maximum absolute atomic E-state index is 14.0. The Hall–Kier alpha value is -3.34. The summed E-state index contributed by atoms with van der Waals surface area (Å²) in [6.45, 7) is 0.399. The van der Waals surface area contributed by atoms with Crippen LogP contribution in [0.5, 0.6) is 0 Å². The van der Waals surface area contributed by atoms with Crippen LogP contribution in [0.25, 0.3) is 0 Å². The standard InChI is InChI=1S/C33H44Cl2N4O6/c1-37(18-17-24-11-7-13-26(34)19-24)30(40)16-15-28(32(42)38(2)45-3)36-31(41)29(21-23-9-5-4-6-10-23)39(33(43)44)22-25-12-8-14-27(35)20-25/h7-8,11-14,19-20,23,28-29H,4-6,9-10,15-18,21-22H2,1-3H3,(H,36,41)(H,43,44).